The summed E-state index contributed by atoms with van der Waals surface area (Å²) in [7, 11) is -2.95. The molecular formula is C41H57ClN4O5S. The molecule has 1 unspecified atom stereocenters. The minimum atomic E-state index is -2.95. The van der Waals surface area contributed by atoms with Crippen molar-refractivity contribution >= 4 is 38.8 Å². The maximum absolute atomic E-state index is 14.0. The molecular weight excluding hydrogens is 696 g/mol. The van der Waals surface area contributed by atoms with Crippen LogP contribution >= 0.6 is 11.6 Å². The number of rotatable bonds is 3. The van der Waals surface area contributed by atoms with E-state index in [-0.39, 0.29) is 28.4 Å². The van der Waals surface area contributed by atoms with E-state index in [1.54, 1.807) is 6.07 Å². The number of hydrogen-bond donors (Lipinski definition) is 2. The zero-order chi connectivity index (χ0) is 36.3. The second-order valence-electron chi connectivity index (χ2n) is 17.1. The van der Waals surface area contributed by atoms with Gasteiger partial charge < -0.3 is 19.5 Å². The number of anilines is 1. The number of fused-ring (bicyclic) bond motifs is 4. The summed E-state index contributed by atoms with van der Waals surface area (Å²) in [6.07, 6.45) is 7.46. The number of ether oxygens (including phenoxy) is 2. The molecule has 284 valence electrons. The maximum atomic E-state index is 14.0. The van der Waals surface area contributed by atoms with Crippen LogP contribution in [0.5, 0.6) is 5.75 Å². The van der Waals surface area contributed by atoms with E-state index in [9.17, 15) is 14.1 Å². The fraction of sp³-hybridized carbons (Fsp3) is 0.659. The summed E-state index contributed by atoms with van der Waals surface area (Å²) in [5, 5.41) is 13.3. The third-order valence-electron chi connectivity index (χ3n) is 13.8. The highest BCUT2D eigenvalue weighted by Crippen LogP contribution is 2.49. The molecule has 8 rings (SSSR count). The monoisotopic (exact) mass is 752 g/mol. The van der Waals surface area contributed by atoms with Crippen molar-refractivity contribution in [2.45, 2.75) is 87.5 Å². The molecule has 11 heteroatoms. The molecule has 2 saturated heterocycles. The van der Waals surface area contributed by atoms with Crippen LogP contribution in [0.25, 0.3) is 0 Å². The third-order valence-corrected chi connectivity index (χ3v) is 16.3. The van der Waals surface area contributed by atoms with Gasteiger partial charge in [0.15, 0.2) is 0 Å². The predicted molar refractivity (Wildman–Crippen MR) is 209 cm³/mol. The molecule has 7 atom stereocenters. The van der Waals surface area contributed by atoms with E-state index in [4.69, 9.17) is 21.1 Å². The molecule has 2 aromatic rings. The molecule has 2 aliphatic carbocycles. The summed E-state index contributed by atoms with van der Waals surface area (Å²) < 4.78 is 29.0. The van der Waals surface area contributed by atoms with Crippen molar-refractivity contribution in [3.8, 4) is 5.75 Å². The van der Waals surface area contributed by atoms with Crippen molar-refractivity contribution in [1.29, 1.82) is 0 Å². The van der Waals surface area contributed by atoms with Gasteiger partial charge in [0.2, 0.25) is 0 Å². The number of nitrogens with zero attached hydrogens (tertiary/aromatic N) is 3. The Balaban J connectivity index is 1.14. The lowest BCUT2D eigenvalue weighted by Gasteiger charge is -2.52. The quantitative estimate of drug-likeness (QED) is 0.416. The van der Waals surface area contributed by atoms with Crippen LogP contribution in [0.15, 0.2) is 36.4 Å². The van der Waals surface area contributed by atoms with Crippen LogP contribution in [-0.4, -0.2) is 113 Å². The van der Waals surface area contributed by atoms with Crippen LogP contribution in [0.2, 0.25) is 5.02 Å². The summed E-state index contributed by atoms with van der Waals surface area (Å²) in [5.74, 6) is 4.98. The molecule has 2 N–H and O–H groups in total. The highest BCUT2D eigenvalue weighted by atomic mass is 35.5. The van der Waals surface area contributed by atoms with Gasteiger partial charge in [-0.1, -0.05) is 31.0 Å². The molecule has 0 aromatic heterocycles. The second kappa shape index (κ2) is 14.4. The molecule has 1 saturated carbocycles. The molecule has 2 bridgehead atoms. The van der Waals surface area contributed by atoms with Crippen LogP contribution in [0.3, 0.4) is 0 Å². The Morgan fingerprint density at radius 3 is 2.58 bits per heavy atom. The lowest BCUT2D eigenvalue weighted by molar-refractivity contribution is -0.118. The molecule has 3 fully saturated rings. The molecule has 52 heavy (non-hydrogen) atoms. The Hall–Kier alpha value is -2.34. The first-order valence-corrected chi connectivity index (χ1v) is 21.9. The first kappa shape index (κ1) is 36.6. The van der Waals surface area contributed by atoms with E-state index in [0.29, 0.717) is 37.1 Å². The number of carbonyl (C=O) groups excluding carboxylic acids is 1. The summed E-state index contributed by atoms with van der Waals surface area (Å²) in [6, 6.07) is 12.5. The summed E-state index contributed by atoms with van der Waals surface area (Å²) >= 11 is 6.50. The summed E-state index contributed by atoms with van der Waals surface area (Å²) in [4.78, 5) is 21.3. The molecule has 9 nitrogen and oxygen atoms in total. The van der Waals surface area contributed by atoms with Crippen LogP contribution in [-0.2, 0) is 26.3 Å². The molecule has 4 aliphatic heterocycles. The first-order valence-electron chi connectivity index (χ1n) is 19.7. The topological polar surface area (TPSA) is 94.6 Å². The van der Waals surface area contributed by atoms with Gasteiger partial charge in [0, 0.05) is 67.1 Å². The largest absolute Gasteiger partial charge is 0.490 e. The maximum Gasteiger partial charge on any atom is 0.262 e. The van der Waals surface area contributed by atoms with Gasteiger partial charge in [-0.05, 0) is 117 Å². The van der Waals surface area contributed by atoms with Crippen molar-refractivity contribution in [2.75, 3.05) is 70.5 Å². The lowest BCUT2D eigenvalue weighted by Crippen LogP contribution is -2.61. The van der Waals surface area contributed by atoms with Crippen LogP contribution in [0.4, 0.5) is 5.69 Å². The van der Waals surface area contributed by atoms with Gasteiger partial charge in [-0.25, -0.2) is 4.21 Å². The number of aliphatic hydroxyl groups is 1. The number of piperazine rings is 1. The number of benzene rings is 2. The normalized spacial score (nSPS) is 36.4. The van der Waals surface area contributed by atoms with E-state index in [1.807, 2.05) is 25.1 Å². The Morgan fingerprint density at radius 2 is 1.85 bits per heavy atom. The minimum absolute atomic E-state index is 0.0632. The van der Waals surface area contributed by atoms with Gasteiger partial charge >= 0.3 is 0 Å². The molecule has 1 amide bonds. The number of β-amino-alcohol motifs (C(OH)–C–C–N with tert-alkyl or cyclic N) is 1. The van der Waals surface area contributed by atoms with Gasteiger partial charge in [-0.15, -0.1) is 0 Å². The van der Waals surface area contributed by atoms with Gasteiger partial charge in [0.1, 0.15) is 5.75 Å². The number of carbonyl (C=O) groups is 1. The highest BCUT2D eigenvalue weighted by Gasteiger charge is 2.49. The van der Waals surface area contributed by atoms with E-state index >= 15 is 0 Å². The summed E-state index contributed by atoms with van der Waals surface area (Å²) in [5.41, 5.74) is 2.86. The number of nitrogens with one attached hydrogen (secondary N) is 1. The Bertz CT molecular complexity index is 1760. The van der Waals surface area contributed by atoms with Crippen molar-refractivity contribution in [1.82, 2.24) is 14.5 Å². The zero-order valence-electron chi connectivity index (χ0n) is 31.0. The number of aryl methyl sites for hydroxylation is 1. The van der Waals surface area contributed by atoms with Crippen molar-refractivity contribution in [3.63, 3.8) is 0 Å². The molecule has 0 radical (unpaired) electrons. The Labute approximate surface area is 315 Å². The fourth-order valence-electron chi connectivity index (χ4n) is 10.2. The second-order valence-corrected chi connectivity index (χ2v) is 19.9. The average Bonchev–Trinajstić information content (AvgIpc) is 3.22. The van der Waals surface area contributed by atoms with Crippen molar-refractivity contribution in [3.05, 3.63) is 58.1 Å². The number of halogens is 1. The Morgan fingerprint density at radius 1 is 1.04 bits per heavy atom. The molecule has 6 aliphatic rings. The van der Waals surface area contributed by atoms with E-state index in [1.165, 1.54) is 11.1 Å². The van der Waals surface area contributed by atoms with E-state index in [2.05, 4.69) is 44.3 Å². The van der Waals surface area contributed by atoms with Crippen molar-refractivity contribution < 1.29 is 23.6 Å². The fourth-order valence-corrected chi connectivity index (χ4v) is 11.9. The minimum Gasteiger partial charge on any atom is -0.490 e. The number of amides is 1. The average molecular weight is 753 g/mol. The molecule has 1 spiro atoms. The van der Waals surface area contributed by atoms with Crippen molar-refractivity contribution in [2.24, 2.45) is 17.8 Å². The standard InChI is InChI=1S/C41H57ClN4O5S/c1-28-6-4-15-41(48,26-44-16-18-45(19-17-44)34-23-50-24-34)36-11-8-32(36)22-46-25-40(14-5-7-30-20-33(42)10-12-35(30)40)27-51-38-13-9-31(21-37(38)46)39(47)43-52(3,49)29(28)2/h9-10,12-13,20-21,28-29,32,34,36,48H,3-8,11,14-19,22-27H2,1-2H3,(H,43,47,49)/t28-,29+,32-,36+,40-,41-,52?/m0/s1. The first-order chi connectivity index (χ1) is 24.9. The lowest BCUT2D eigenvalue weighted by atomic mass is 9.62. The van der Waals surface area contributed by atoms with Crippen LogP contribution in [0.1, 0.15) is 80.3 Å². The van der Waals surface area contributed by atoms with Crippen LogP contribution in [0, 0.1) is 17.8 Å². The summed E-state index contributed by atoms with van der Waals surface area (Å²) in [6.45, 7) is 12.4. The van der Waals surface area contributed by atoms with Gasteiger partial charge in [0.05, 0.1) is 46.9 Å². The molecule has 4 heterocycles. The SMILES string of the molecule is C=S1(=O)NC(=O)c2ccc3c(c2)N(C[C@@H]2CC[C@H]2[C@@](O)(CN2CCN(C4COC4)CC2)CCC[C@H](C)[C@H]1C)C[C@@]1(CCCc2cc(Cl)ccc21)CO3. The highest BCUT2D eigenvalue weighted by molar-refractivity contribution is 7.99. The third kappa shape index (κ3) is 7.01. The smallest absolute Gasteiger partial charge is 0.262 e. The van der Waals surface area contributed by atoms with Gasteiger partial charge in [0.25, 0.3) is 5.91 Å². The predicted octanol–water partition coefficient (Wildman–Crippen LogP) is 5.16. The van der Waals surface area contributed by atoms with E-state index in [0.717, 1.165) is 114 Å². The number of hydrogen-bond acceptors (Lipinski definition) is 8. The molecule has 2 aromatic carbocycles. The zero-order valence-corrected chi connectivity index (χ0v) is 32.6. The Kier molecular flexibility index (Phi) is 10.1. The van der Waals surface area contributed by atoms with Gasteiger partial charge in [-0.3, -0.25) is 19.3 Å². The van der Waals surface area contributed by atoms with Crippen LogP contribution < -0.4 is 14.4 Å². The van der Waals surface area contributed by atoms with E-state index < -0.39 is 15.3 Å². The van der Waals surface area contributed by atoms with Gasteiger partial charge in [-0.2, -0.15) is 0 Å².